The Morgan fingerprint density at radius 3 is 2.11 bits per heavy atom. The monoisotopic (exact) mass is 473 g/mol. The van der Waals surface area contributed by atoms with E-state index in [0.29, 0.717) is 19.1 Å². The molecule has 0 aromatic heterocycles. The van der Waals surface area contributed by atoms with Crippen molar-refractivity contribution >= 4 is 35.6 Å². The number of para-hydroxylation sites is 1. The second-order valence-corrected chi connectivity index (χ2v) is 5.93. The maximum absolute atomic E-state index is 5.91. The van der Waals surface area contributed by atoms with E-state index in [-0.39, 0.29) is 24.0 Å². The number of benzene rings is 3. The summed E-state index contributed by atoms with van der Waals surface area (Å²) in [4.78, 5) is 4.37. The van der Waals surface area contributed by atoms with Gasteiger partial charge in [-0.05, 0) is 41.8 Å². The molecule has 0 saturated heterocycles. The van der Waals surface area contributed by atoms with Gasteiger partial charge in [0.15, 0.2) is 5.96 Å². The van der Waals surface area contributed by atoms with Crippen LogP contribution in [0.4, 0.5) is 5.69 Å². The smallest absolute Gasteiger partial charge is 0.193 e. The molecule has 5 heteroatoms. The highest BCUT2D eigenvalue weighted by Crippen LogP contribution is 2.14. The Labute approximate surface area is 177 Å². The Morgan fingerprint density at radius 1 is 0.815 bits per heavy atom. The first-order chi connectivity index (χ1) is 12.8. The molecule has 3 aromatic carbocycles. The molecule has 27 heavy (non-hydrogen) atoms. The third kappa shape index (κ3) is 7.30. The zero-order valence-corrected chi connectivity index (χ0v) is 17.4. The maximum atomic E-state index is 5.91. The number of rotatable bonds is 7. The van der Waals surface area contributed by atoms with Gasteiger partial charge in [0.2, 0.25) is 0 Å². The zero-order chi connectivity index (χ0) is 18.0. The minimum absolute atomic E-state index is 0. The van der Waals surface area contributed by atoms with Crippen molar-refractivity contribution in [1.29, 1.82) is 0 Å². The second kappa shape index (κ2) is 11.2. The normalized spacial score (nSPS) is 10.7. The Morgan fingerprint density at radius 2 is 1.44 bits per heavy atom. The quantitative estimate of drug-likeness (QED) is 0.293. The summed E-state index contributed by atoms with van der Waals surface area (Å²) in [5.41, 5.74) is 9.21. The van der Waals surface area contributed by atoms with Gasteiger partial charge in [-0.3, -0.25) is 4.99 Å². The molecule has 0 radical (unpaired) electrons. The van der Waals surface area contributed by atoms with Gasteiger partial charge in [0.05, 0.1) is 0 Å². The van der Waals surface area contributed by atoms with Crippen LogP contribution in [0.1, 0.15) is 11.1 Å². The number of nitrogens with two attached hydrogens (primary N) is 1. The van der Waals surface area contributed by atoms with Crippen molar-refractivity contribution in [3.63, 3.8) is 0 Å². The lowest BCUT2D eigenvalue weighted by Crippen LogP contribution is -2.23. The third-order valence-electron chi connectivity index (χ3n) is 3.90. The van der Waals surface area contributed by atoms with Gasteiger partial charge in [-0.15, -0.1) is 24.0 Å². The number of hydrogen-bond acceptors (Lipinski definition) is 2. The number of nitrogens with one attached hydrogen (secondary N) is 1. The zero-order valence-electron chi connectivity index (χ0n) is 15.0. The van der Waals surface area contributed by atoms with Crippen LogP contribution in [0.2, 0.25) is 0 Å². The molecule has 3 rings (SSSR count). The van der Waals surface area contributed by atoms with E-state index < -0.39 is 0 Å². The van der Waals surface area contributed by atoms with Crippen molar-refractivity contribution in [3.8, 4) is 5.75 Å². The molecule has 0 aliphatic heterocycles. The van der Waals surface area contributed by atoms with E-state index >= 15 is 0 Å². The number of halogens is 1. The predicted molar refractivity (Wildman–Crippen MR) is 123 cm³/mol. The van der Waals surface area contributed by atoms with E-state index in [4.69, 9.17) is 10.5 Å². The van der Waals surface area contributed by atoms with Crippen molar-refractivity contribution in [2.75, 3.05) is 11.9 Å². The first kappa shape index (κ1) is 20.8. The van der Waals surface area contributed by atoms with Gasteiger partial charge in [-0.1, -0.05) is 60.7 Å². The molecule has 0 amide bonds. The van der Waals surface area contributed by atoms with E-state index in [1.165, 1.54) is 5.56 Å². The molecule has 0 heterocycles. The average molecular weight is 473 g/mol. The molecule has 0 bridgehead atoms. The SMILES string of the molecule is I.NC(=NCCc1ccc(OCc2ccccc2)cc1)Nc1ccccc1. The van der Waals surface area contributed by atoms with Gasteiger partial charge in [-0.2, -0.15) is 0 Å². The predicted octanol–water partition coefficient (Wildman–Crippen LogP) is 4.85. The lowest BCUT2D eigenvalue weighted by molar-refractivity contribution is 0.306. The first-order valence-electron chi connectivity index (χ1n) is 8.67. The standard InChI is InChI=1S/C22H23N3O.HI/c23-22(25-20-9-5-2-6-10-20)24-16-15-18-11-13-21(14-12-18)26-17-19-7-3-1-4-8-19;/h1-14H,15-17H2,(H3,23,24,25);1H. The lowest BCUT2D eigenvalue weighted by Gasteiger charge is -2.07. The third-order valence-corrected chi connectivity index (χ3v) is 3.90. The van der Waals surface area contributed by atoms with Crippen molar-refractivity contribution in [2.45, 2.75) is 13.0 Å². The van der Waals surface area contributed by atoms with Crippen LogP contribution >= 0.6 is 24.0 Å². The van der Waals surface area contributed by atoms with E-state index in [1.54, 1.807) is 0 Å². The minimum Gasteiger partial charge on any atom is -0.489 e. The van der Waals surface area contributed by atoms with Gasteiger partial charge in [0.25, 0.3) is 0 Å². The van der Waals surface area contributed by atoms with Crippen LogP contribution in [0.5, 0.6) is 5.75 Å². The summed E-state index contributed by atoms with van der Waals surface area (Å²) in [6, 6.07) is 28.0. The maximum Gasteiger partial charge on any atom is 0.193 e. The van der Waals surface area contributed by atoms with Gasteiger partial charge in [0, 0.05) is 12.2 Å². The number of hydrogen-bond donors (Lipinski definition) is 2. The van der Waals surface area contributed by atoms with Crippen LogP contribution in [-0.4, -0.2) is 12.5 Å². The fraction of sp³-hybridized carbons (Fsp3) is 0.136. The molecular formula is C22H24IN3O. The highest BCUT2D eigenvalue weighted by Gasteiger charge is 1.98. The Kier molecular flexibility index (Phi) is 8.64. The molecule has 0 spiro atoms. The van der Waals surface area contributed by atoms with Crippen molar-refractivity contribution in [1.82, 2.24) is 0 Å². The molecular weight excluding hydrogens is 449 g/mol. The molecule has 0 aliphatic carbocycles. The Bertz CT molecular complexity index is 821. The molecule has 3 aromatic rings. The highest BCUT2D eigenvalue weighted by molar-refractivity contribution is 14.0. The number of guanidine groups is 1. The summed E-state index contributed by atoms with van der Waals surface area (Å²) in [5.74, 6) is 1.30. The van der Waals surface area contributed by atoms with Crippen molar-refractivity contribution < 1.29 is 4.74 Å². The van der Waals surface area contributed by atoms with Crippen LogP contribution < -0.4 is 15.8 Å². The highest BCUT2D eigenvalue weighted by atomic mass is 127. The summed E-state index contributed by atoms with van der Waals surface area (Å²) in [6.45, 7) is 1.21. The number of aliphatic imine (C=N–C) groups is 1. The fourth-order valence-corrected chi connectivity index (χ4v) is 2.51. The fourth-order valence-electron chi connectivity index (χ4n) is 2.51. The van der Waals surface area contributed by atoms with Crippen molar-refractivity contribution in [3.05, 3.63) is 96.1 Å². The van der Waals surface area contributed by atoms with Crippen LogP contribution in [-0.2, 0) is 13.0 Å². The number of nitrogens with zero attached hydrogens (tertiary/aromatic N) is 1. The largest absolute Gasteiger partial charge is 0.489 e. The number of ether oxygens (including phenoxy) is 1. The molecule has 3 N–H and O–H groups in total. The summed E-state index contributed by atoms with van der Waals surface area (Å²) < 4.78 is 5.80. The van der Waals surface area contributed by atoms with Crippen LogP contribution in [0, 0.1) is 0 Å². The molecule has 4 nitrogen and oxygen atoms in total. The Balaban J connectivity index is 0.00000261. The number of anilines is 1. The molecule has 0 atom stereocenters. The molecule has 140 valence electrons. The minimum atomic E-state index is 0. The van der Waals surface area contributed by atoms with E-state index in [9.17, 15) is 0 Å². The topological polar surface area (TPSA) is 59.6 Å². The van der Waals surface area contributed by atoms with E-state index in [2.05, 4.69) is 34.6 Å². The van der Waals surface area contributed by atoms with Gasteiger partial charge >= 0.3 is 0 Å². The second-order valence-electron chi connectivity index (χ2n) is 5.93. The molecule has 0 saturated carbocycles. The summed E-state index contributed by atoms with van der Waals surface area (Å²) >= 11 is 0. The summed E-state index contributed by atoms with van der Waals surface area (Å²) in [5, 5.41) is 3.08. The molecule has 0 aliphatic rings. The van der Waals surface area contributed by atoms with E-state index in [0.717, 1.165) is 23.4 Å². The van der Waals surface area contributed by atoms with Gasteiger partial charge in [-0.25, -0.2) is 0 Å². The van der Waals surface area contributed by atoms with Gasteiger partial charge in [0.1, 0.15) is 12.4 Å². The van der Waals surface area contributed by atoms with Crippen LogP contribution in [0.15, 0.2) is 89.9 Å². The Hall–Kier alpha value is -2.54. The molecule has 0 fully saturated rings. The lowest BCUT2D eigenvalue weighted by atomic mass is 10.1. The average Bonchev–Trinajstić information content (AvgIpc) is 2.69. The first-order valence-corrected chi connectivity index (χ1v) is 8.67. The van der Waals surface area contributed by atoms with Crippen molar-refractivity contribution in [2.24, 2.45) is 10.7 Å². The van der Waals surface area contributed by atoms with E-state index in [1.807, 2.05) is 60.7 Å². The van der Waals surface area contributed by atoms with Gasteiger partial charge < -0.3 is 15.8 Å². The van der Waals surface area contributed by atoms with Crippen LogP contribution in [0.25, 0.3) is 0 Å². The summed E-state index contributed by atoms with van der Waals surface area (Å²) in [7, 11) is 0. The van der Waals surface area contributed by atoms with Crippen LogP contribution in [0.3, 0.4) is 0 Å². The molecule has 0 unspecified atom stereocenters. The summed E-state index contributed by atoms with van der Waals surface area (Å²) in [6.07, 6.45) is 0.829.